The minimum atomic E-state index is -2.00. The number of nitrogens with zero attached hydrogens (tertiary/aromatic N) is 2. The molecule has 1 fully saturated rings. The van der Waals surface area contributed by atoms with E-state index >= 15 is 0 Å². The van der Waals surface area contributed by atoms with Crippen molar-refractivity contribution in [3.8, 4) is 5.75 Å². The van der Waals surface area contributed by atoms with Gasteiger partial charge in [0.05, 0.1) is 0 Å². The fourth-order valence-electron chi connectivity index (χ4n) is 2.60. The van der Waals surface area contributed by atoms with Crippen LogP contribution in [0.5, 0.6) is 5.75 Å². The Morgan fingerprint density at radius 2 is 2.07 bits per heavy atom. The number of hydrogen-bond donors (Lipinski definition) is 1. The second-order valence-corrected chi connectivity index (χ2v) is 6.03. The highest BCUT2D eigenvalue weighted by molar-refractivity contribution is 5.93. The molecule has 0 aromatic heterocycles. The molecule has 6 nitrogen and oxygen atoms in total. The molecule has 0 radical (unpaired) electrons. The lowest BCUT2D eigenvalue weighted by Crippen LogP contribution is -2.33. The molecule has 1 heterocycles. The molecule has 1 saturated heterocycles. The number of rotatable bonds is 6. The Balaban J connectivity index is 0.00000176. The highest BCUT2D eigenvalue weighted by Gasteiger charge is 2.41. The molecule has 0 spiro atoms. The first-order valence-corrected chi connectivity index (χ1v) is 9.02. The lowest BCUT2D eigenvalue weighted by atomic mass is 10.1. The Bertz CT molecular complexity index is 658. The minimum absolute atomic E-state index is 0.117. The van der Waals surface area contributed by atoms with Crippen molar-refractivity contribution in [3.63, 3.8) is 0 Å². The highest BCUT2D eigenvalue weighted by Crippen LogP contribution is 2.32. The summed E-state index contributed by atoms with van der Waals surface area (Å²) in [6.07, 6.45) is 3.57. The van der Waals surface area contributed by atoms with Gasteiger partial charge in [-0.25, -0.2) is 4.39 Å². The molecule has 150 valence electrons. The van der Waals surface area contributed by atoms with Crippen molar-refractivity contribution >= 4 is 12.3 Å². The molecule has 0 aliphatic carbocycles. The van der Waals surface area contributed by atoms with Crippen molar-refractivity contribution in [2.75, 3.05) is 13.7 Å². The summed E-state index contributed by atoms with van der Waals surface area (Å²) in [6, 6.07) is 5.72. The van der Waals surface area contributed by atoms with E-state index in [-0.39, 0.29) is 12.3 Å². The maximum absolute atomic E-state index is 13.9. The van der Waals surface area contributed by atoms with Gasteiger partial charge >= 0.3 is 0 Å². The summed E-state index contributed by atoms with van der Waals surface area (Å²) in [4.78, 5) is 16.1. The van der Waals surface area contributed by atoms with Gasteiger partial charge in [0.15, 0.2) is 0 Å². The normalized spacial score (nSPS) is 22.3. The number of amides is 1. The number of aryl methyl sites for hydroxylation is 2. The van der Waals surface area contributed by atoms with Crippen LogP contribution in [0, 0.1) is 13.8 Å². The van der Waals surface area contributed by atoms with Crippen molar-refractivity contribution < 1.29 is 23.8 Å². The summed E-state index contributed by atoms with van der Waals surface area (Å²) < 4.78 is 24.9. The Labute approximate surface area is 160 Å². The number of aliphatic hydroxyl groups excluding tert-OH is 1. The average molecular weight is 380 g/mol. The molecule has 0 saturated carbocycles. The fourth-order valence-corrected chi connectivity index (χ4v) is 2.60. The molecule has 1 aliphatic rings. The van der Waals surface area contributed by atoms with E-state index in [0.29, 0.717) is 18.6 Å². The Morgan fingerprint density at radius 1 is 1.44 bits per heavy atom. The Morgan fingerprint density at radius 3 is 2.59 bits per heavy atom. The predicted molar refractivity (Wildman–Crippen MR) is 103 cm³/mol. The molecule has 27 heavy (non-hydrogen) atoms. The molecule has 1 aliphatic heterocycles. The summed E-state index contributed by atoms with van der Waals surface area (Å²) in [5, 5.41) is 9.01. The largest absolute Gasteiger partial charge is 0.438 e. The Kier molecular flexibility index (Phi) is 9.11. The number of ether oxygens (including phenoxy) is 2. The van der Waals surface area contributed by atoms with Crippen LogP contribution < -0.4 is 4.74 Å². The van der Waals surface area contributed by atoms with E-state index in [1.807, 2.05) is 45.9 Å². The molecular weight excluding hydrogens is 351 g/mol. The third kappa shape index (κ3) is 6.45. The van der Waals surface area contributed by atoms with Crippen LogP contribution in [0.2, 0.25) is 0 Å². The van der Waals surface area contributed by atoms with E-state index in [0.717, 1.165) is 11.1 Å². The van der Waals surface area contributed by atoms with E-state index in [4.69, 9.17) is 14.6 Å². The standard InChI is InChI=1S/C18H23FN2O4.C2H6/c1-13-5-4-6-14(2)17(13)24-15(20-12-23)8-10-21(3)16-7-9-18(19,11-22)25-16;1-2/h4-6,8,10,12,16,22H,7,9,11H2,1-3H3;1-2H3/b10-8-,20-15?;. The van der Waals surface area contributed by atoms with Crippen LogP contribution in [0.1, 0.15) is 37.8 Å². The third-order valence-corrected chi connectivity index (χ3v) is 4.05. The molecule has 1 N–H and O–H groups in total. The highest BCUT2D eigenvalue weighted by atomic mass is 19.2. The molecule has 0 bridgehead atoms. The first-order valence-electron chi connectivity index (χ1n) is 9.02. The number of aliphatic hydroxyl groups is 1. The molecule has 7 heteroatoms. The van der Waals surface area contributed by atoms with E-state index in [1.165, 1.54) is 6.08 Å². The molecule has 2 unspecified atom stereocenters. The second kappa shape index (κ2) is 10.8. The molecular formula is C20H29FN2O4. The lowest BCUT2D eigenvalue weighted by molar-refractivity contribution is -0.182. The first-order chi connectivity index (χ1) is 12.9. The molecule has 2 rings (SSSR count). The van der Waals surface area contributed by atoms with Gasteiger partial charge in [0.25, 0.3) is 0 Å². The van der Waals surface area contributed by atoms with Crippen LogP contribution in [-0.2, 0) is 9.53 Å². The fraction of sp³-hybridized carbons (Fsp3) is 0.500. The van der Waals surface area contributed by atoms with Crippen LogP contribution in [0.3, 0.4) is 0 Å². The van der Waals surface area contributed by atoms with Gasteiger partial charge in [-0.3, -0.25) is 4.79 Å². The minimum Gasteiger partial charge on any atom is -0.438 e. The number of carbonyl (C=O) groups excluding carboxylic acids is 1. The SMILES string of the molecule is CC.Cc1cccc(C)c1OC(/C=C\N(C)C1CCC(F)(CO)O1)=NC=O. The Hall–Kier alpha value is -2.25. The van der Waals surface area contributed by atoms with Gasteiger partial charge < -0.3 is 19.5 Å². The molecule has 2 atom stereocenters. The molecule has 1 aromatic carbocycles. The summed E-state index contributed by atoms with van der Waals surface area (Å²) in [5.74, 6) is -1.25. The zero-order valence-electron chi connectivity index (χ0n) is 16.6. The van der Waals surface area contributed by atoms with E-state index in [1.54, 1.807) is 18.1 Å². The van der Waals surface area contributed by atoms with Crippen molar-refractivity contribution in [2.45, 2.75) is 52.6 Å². The van der Waals surface area contributed by atoms with E-state index in [2.05, 4.69) is 4.99 Å². The number of para-hydroxylation sites is 1. The number of hydrogen-bond acceptors (Lipinski definition) is 5. The van der Waals surface area contributed by atoms with Gasteiger partial charge in [-0.1, -0.05) is 32.0 Å². The number of benzene rings is 1. The van der Waals surface area contributed by atoms with Gasteiger partial charge in [0.2, 0.25) is 18.2 Å². The van der Waals surface area contributed by atoms with Gasteiger partial charge in [0, 0.05) is 25.7 Å². The summed E-state index contributed by atoms with van der Waals surface area (Å²) in [6.45, 7) is 7.13. The maximum atomic E-state index is 13.9. The molecule has 1 amide bonds. The third-order valence-electron chi connectivity index (χ3n) is 4.05. The summed E-state index contributed by atoms with van der Waals surface area (Å²) in [5.41, 5.74) is 1.84. The van der Waals surface area contributed by atoms with E-state index in [9.17, 15) is 9.18 Å². The van der Waals surface area contributed by atoms with Crippen LogP contribution >= 0.6 is 0 Å². The number of carbonyl (C=O) groups is 1. The first kappa shape index (κ1) is 22.8. The van der Waals surface area contributed by atoms with Gasteiger partial charge in [0.1, 0.15) is 18.6 Å². The van der Waals surface area contributed by atoms with Gasteiger partial charge in [-0.05, 0) is 31.4 Å². The second-order valence-electron chi connectivity index (χ2n) is 6.03. The number of alkyl halides is 1. The number of aliphatic imine (C=N–C) groups is 1. The molecule has 1 aromatic rings. The summed E-state index contributed by atoms with van der Waals surface area (Å²) >= 11 is 0. The van der Waals surface area contributed by atoms with Crippen molar-refractivity contribution in [1.29, 1.82) is 0 Å². The van der Waals surface area contributed by atoms with Crippen molar-refractivity contribution in [2.24, 2.45) is 4.99 Å². The zero-order valence-corrected chi connectivity index (χ0v) is 16.6. The predicted octanol–water partition coefficient (Wildman–Crippen LogP) is 3.50. The van der Waals surface area contributed by atoms with Crippen molar-refractivity contribution in [3.05, 3.63) is 41.6 Å². The quantitative estimate of drug-likeness (QED) is 0.465. The maximum Gasteiger partial charge on any atom is 0.236 e. The van der Waals surface area contributed by atoms with Crippen LogP contribution in [0.15, 0.2) is 35.5 Å². The zero-order chi connectivity index (χ0) is 20.4. The van der Waals surface area contributed by atoms with Gasteiger partial charge in [-0.2, -0.15) is 4.99 Å². The smallest absolute Gasteiger partial charge is 0.236 e. The average Bonchev–Trinajstić information content (AvgIpc) is 3.07. The van der Waals surface area contributed by atoms with Crippen molar-refractivity contribution in [1.82, 2.24) is 4.90 Å². The van der Waals surface area contributed by atoms with Crippen LogP contribution in [0.4, 0.5) is 4.39 Å². The van der Waals surface area contributed by atoms with Gasteiger partial charge in [-0.15, -0.1) is 0 Å². The topological polar surface area (TPSA) is 71.4 Å². The number of halogens is 1. The van der Waals surface area contributed by atoms with E-state index < -0.39 is 18.7 Å². The monoisotopic (exact) mass is 380 g/mol. The van der Waals surface area contributed by atoms with Crippen LogP contribution in [-0.4, -0.2) is 48.1 Å². The lowest BCUT2D eigenvalue weighted by Gasteiger charge is -2.24. The summed E-state index contributed by atoms with van der Waals surface area (Å²) in [7, 11) is 1.71. The van der Waals surface area contributed by atoms with Crippen LogP contribution in [0.25, 0.3) is 0 Å².